The van der Waals surface area contributed by atoms with E-state index < -0.39 is 0 Å². The number of piperidine rings is 2. The molecule has 0 aliphatic carbocycles. The Labute approximate surface area is 244 Å². The number of ether oxygens (including phenoxy) is 1. The van der Waals surface area contributed by atoms with Crippen LogP contribution >= 0.6 is 11.6 Å². The molecule has 3 heterocycles. The molecule has 2 aromatic rings. The third-order valence-corrected chi connectivity index (χ3v) is 8.30. The molecular formula is C32H45ClN4O3. The van der Waals surface area contributed by atoms with E-state index in [9.17, 15) is 9.59 Å². The molecule has 0 spiro atoms. The molecule has 40 heavy (non-hydrogen) atoms. The summed E-state index contributed by atoms with van der Waals surface area (Å²) in [5.41, 5.74) is 2.12. The SMILES string of the molecule is CC(C)CC(=O)N(C)C.O=C(Nc1ccc(OC2C[C@H]3CC[C@@H](C2)N3)cc1)N1CCC(c2ccc(Cl)cc2)CC1. The Morgan fingerprint density at radius 3 is 2.10 bits per heavy atom. The quantitative estimate of drug-likeness (QED) is 0.415. The van der Waals surface area contributed by atoms with Crippen LogP contribution < -0.4 is 15.4 Å². The van der Waals surface area contributed by atoms with Gasteiger partial charge in [-0.2, -0.15) is 0 Å². The first-order chi connectivity index (χ1) is 19.2. The van der Waals surface area contributed by atoms with Crippen molar-refractivity contribution in [3.63, 3.8) is 0 Å². The number of likely N-dealkylation sites (tertiary alicyclic amines) is 1. The number of rotatable bonds is 6. The molecule has 2 bridgehead atoms. The third-order valence-electron chi connectivity index (χ3n) is 8.04. The maximum Gasteiger partial charge on any atom is 0.321 e. The van der Waals surface area contributed by atoms with Gasteiger partial charge in [0.2, 0.25) is 5.91 Å². The number of carbonyl (C=O) groups excluding carboxylic acids is 2. The molecule has 7 nitrogen and oxygen atoms in total. The van der Waals surface area contributed by atoms with Gasteiger partial charge in [0.25, 0.3) is 0 Å². The summed E-state index contributed by atoms with van der Waals surface area (Å²) in [7, 11) is 3.56. The van der Waals surface area contributed by atoms with Crippen LogP contribution in [0.3, 0.4) is 0 Å². The molecule has 0 aromatic heterocycles. The largest absolute Gasteiger partial charge is 0.490 e. The lowest BCUT2D eigenvalue weighted by molar-refractivity contribution is -0.129. The van der Waals surface area contributed by atoms with Crippen LogP contribution in [-0.4, -0.2) is 67.1 Å². The Morgan fingerprint density at radius 1 is 0.975 bits per heavy atom. The van der Waals surface area contributed by atoms with Crippen molar-refractivity contribution in [2.75, 3.05) is 32.5 Å². The Morgan fingerprint density at radius 2 is 1.57 bits per heavy atom. The summed E-state index contributed by atoms with van der Waals surface area (Å²) in [6.45, 7) is 5.61. The first-order valence-electron chi connectivity index (χ1n) is 14.7. The average molecular weight is 569 g/mol. The van der Waals surface area contributed by atoms with Crippen LogP contribution in [0.15, 0.2) is 48.5 Å². The molecule has 0 saturated carbocycles. The number of halogens is 1. The number of nitrogens with zero attached hydrogens (tertiary/aromatic N) is 2. The maximum atomic E-state index is 12.7. The Balaban J connectivity index is 0.000000357. The van der Waals surface area contributed by atoms with Crippen LogP contribution in [0, 0.1) is 5.92 Å². The molecule has 1 unspecified atom stereocenters. The van der Waals surface area contributed by atoms with E-state index in [0.29, 0.717) is 36.4 Å². The van der Waals surface area contributed by atoms with Gasteiger partial charge in [0.05, 0.1) is 0 Å². The number of hydrogen-bond donors (Lipinski definition) is 2. The molecule has 218 valence electrons. The normalized spacial score (nSPS) is 22.4. The number of carbonyl (C=O) groups is 2. The van der Waals surface area contributed by atoms with Crippen molar-refractivity contribution in [2.24, 2.45) is 5.92 Å². The van der Waals surface area contributed by atoms with Gasteiger partial charge in [-0.1, -0.05) is 37.6 Å². The molecule has 8 heteroatoms. The number of hydrogen-bond acceptors (Lipinski definition) is 4. The van der Waals surface area contributed by atoms with Gasteiger partial charge in [0.15, 0.2) is 0 Å². The molecule has 3 amide bonds. The number of nitrogens with one attached hydrogen (secondary N) is 2. The third kappa shape index (κ3) is 8.87. The first-order valence-corrected chi connectivity index (χ1v) is 15.1. The minimum absolute atomic E-state index is 0.0295. The van der Waals surface area contributed by atoms with E-state index in [4.69, 9.17) is 16.3 Å². The number of urea groups is 1. The molecule has 5 rings (SSSR count). The lowest BCUT2D eigenvalue weighted by Crippen LogP contribution is -2.42. The van der Waals surface area contributed by atoms with Gasteiger partial charge in [-0.15, -0.1) is 0 Å². The highest BCUT2D eigenvalue weighted by molar-refractivity contribution is 6.30. The molecule has 2 N–H and O–H groups in total. The monoisotopic (exact) mass is 568 g/mol. The molecule has 3 fully saturated rings. The van der Waals surface area contributed by atoms with Gasteiger partial charge in [0.1, 0.15) is 11.9 Å². The Kier molecular flexibility index (Phi) is 10.7. The molecule has 3 saturated heterocycles. The molecule has 3 atom stereocenters. The van der Waals surface area contributed by atoms with E-state index >= 15 is 0 Å². The highest BCUT2D eigenvalue weighted by atomic mass is 35.5. The van der Waals surface area contributed by atoms with Crippen LogP contribution in [0.5, 0.6) is 5.75 Å². The molecule has 3 aliphatic heterocycles. The smallest absolute Gasteiger partial charge is 0.321 e. The summed E-state index contributed by atoms with van der Waals surface area (Å²) in [4.78, 5) is 27.1. The van der Waals surface area contributed by atoms with Crippen molar-refractivity contribution in [2.45, 2.75) is 82.9 Å². The molecule has 0 radical (unpaired) electrons. The average Bonchev–Trinajstić information content (AvgIpc) is 3.28. The molecule has 2 aromatic carbocycles. The number of benzene rings is 2. The van der Waals surface area contributed by atoms with Crippen LogP contribution in [-0.2, 0) is 4.79 Å². The van der Waals surface area contributed by atoms with Crippen molar-refractivity contribution in [3.05, 3.63) is 59.1 Å². The fourth-order valence-corrected chi connectivity index (χ4v) is 5.92. The minimum Gasteiger partial charge on any atom is -0.490 e. The second-order valence-corrected chi connectivity index (χ2v) is 12.4. The van der Waals surface area contributed by atoms with Crippen molar-refractivity contribution in [1.29, 1.82) is 0 Å². The summed E-state index contributed by atoms with van der Waals surface area (Å²) in [6.07, 6.45) is 7.61. The van der Waals surface area contributed by atoms with Crippen molar-refractivity contribution < 1.29 is 14.3 Å². The maximum absolute atomic E-state index is 12.7. The van der Waals surface area contributed by atoms with Gasteiger partial charge in [-0.25, -0.2) is 4.79 Å². The van der Waals surface area contributed by atoms with Crippen molar-refractivity contribution in [3.8, 4) is 5.75 Å². The van der Waals surface area contributed by atoms with Crippen LogP contribution in [0.25, 0.3) is 0 Å². The van der Waals surface area contributed by atoms with E-state index in [0.717, 1.165) is 55.2 Å². The molecule has 3 aliphatic rings. The summed E-state index contributed by atoms with van der Waals surface area (Å²) in [5, 5.41) is 7.44. The van der Waals surface area contributed by atoms with Gasteiger partial charge < -0.3 is 25.2 Å². The number of amides is 3. The Bertz CT molecular complexity index is 1090. The summed E-state index contributed by atoms with van der Waals surface area (Å²) >= 11 is 5.99. The summed E-state index contributed by atoms with van der Waals surface area (Å²) in [5.74, 6) is 2.06. The molecular weight excluding hydrogens is 524 g/mol. The summed E-state index contributed by atoms with van der Waals surface area (Å²) < 4.78 is 6.20. The van der Waals surface area contributed by atoms with Crippen LogP contribution in [0.2, 0.25) is 5.02 Å². The van der Waals surface area contributed by atoms with E-state index in [2.05, 4.69) is 22.8 Å². The van der Waals surface area contributed by atoms with E-state index in [-0.39, 0.29) is 11.9 Å². The zero-order valence-electron chi connectivity index (χ0n) is 24.4. The van der Waals surface area contributed by atoms with Gasteiger partial charge in [-0.3, -0.25) is 4.79 Å². The fraction of sp³-hybridized carbons (Fsp3) is 0.562. The lowest BCUT2D eigenvalue weighted by atomic mass is 9.89. The summed E-state index contributed by atoms with van der Waals surface area (Å²) in [6, 6.07) is 17.1. The standard InChI is InChI=1S/C25H30ClN3O2.C7H15NO/c26-19-3-1-17(2-4-19)18-11-13-29(14-12-18)25(30)28-20-7-9-23(10-8-20)31-24-15-21-5-6-22(16-24)27-21;1-6(2)5-7(9)8(3)4/h1-4,7-10,18,21-22,24,27H,5-6,11-16H2,(H,28,30);6H,5H2,1-4H3/t21-,22+,24?;. The second-order valence-electron chi connectivity index (χ2n) is 12.0. The number of anilines is 1. The lowest BCUT2D eigenvalue weighted by Gasteiger charge is -2.32. The van der Waals surface area contributed by atoms with Crippen molar-refractivity contribution in [1.82, 2.24) is 15.1 Å². The van der Waals surface area contributed by atoms with Gasteiger partial charge in [0, 0.05) is 56.4 Å². The topological polar surface area (TPSA) is 73.9 Å². The predicted octanol–water partition coefficient (Wildman–Crippen LogP) is 6.53. The highest BCUT2D eigenvalue weighted by Crippen LogP contribution is 2.31. The zero-order chi connectivity index (χ0) is 28.6. The number of fused-ring (bicyclic) bond motifs is 2. The highest BCUT2D eigenvalue weighted by Gasteiger charge is 2.34. The zero-order valence-corrected chi connectivity index (χ0v) is 25.1. The van der Waals surface area contributed by atoms with Gasteiger partial charge >= 0.3 is 6.03 Å². The predicted molar refractivity (Wildman–Crippen MR) is 162 cm³/mol. The first kappa shape index (κ1) is 30.2. The van der Waals surface area contributed by atoms with Crippen LogP contribution in [0.4, 0.5) is 10.5 Å². The minimum atomic E-state index is -0.0295. The van der Waals surface area contributed by atoms with Gasteiger partial charge in [-0.05, 0) is 92.3 Å². The Hall–Kier alpha value is -2.77. The van der Waals surface area contributed by atoms with Crippen molar-refractivity contribution >= 4 is 29.2 Å². The van der Waals surface area contributed by atoms with E-state index in [1.807, 2.05) is 55.1 Å². The second kappa shape index (κ2) is 14.2. The fourth-order valence-electron chi connectivity index (χ4n) is 5.80. The van der Waals surface area contributed by atoms with E-state index in [1.54, 1.807) is 19.0 Å². The van der Waals surface area contributed by atoms with E-state index in [1.165, 1.54) is 18.4 Å². The van der Waals surface area contributed by atoms with Crippen LogP contribution in [0.1, 0.15) is 70.3 Å².